The SMILES string of the molecule is Cc1[c-]c2c(cc1C(C)(C)C)-c1cc(C(C)(C)C)c(C)cc1C2.Cc1cc(C(C)(C)C)c[cH-]1.Cl.Cl.[CH2-]CC.[Zr+4].[c-]1ccccc1. The molecule has 0 radical (unpaired) electrons. The molecule has 0 unspecified atom stereocenters. The van der Waals surface area contributed by atoms with E-state index in [-0.39, 0.29) is 61.8 Å². The number of hydrogen-bond donors (Lipinski definition) is 0. The summed E-state index contributed by atoms with van der Waals surface area (Å²) >= 11 is 0. The van der Waals surface area contributed by atoms with Crippen LogP contribution < -0.4 is 0 Å². The predicted octanol–water partition coefficient (Wildman–Crippen LogP) is 12.8. The van der Waals surface area contributed by atoms with Gasteiger partial charge in [0.2, 0.25) is 0 Å². The van der Waals surface area contributed by atoms with Crippen LogP contribution in [0.25, 0.3) is 11.1 Å². The van der Waals surface area contributed by atoms with Gasteiger partial charge in [-0.1, -0.05) is 112 Å². The van der Waals surface area contributed by atoms with Crippen molar-refractivity contribution in [3.8, 4) is 11.1 Å². The van der Waals surface area contributed by atoms with E-state index in [2.05, 4.69) is 139 Å². The van der Waals surface area contributed by atoms with Gasteiger partial charge in [-0.3, -0.25) is 0 Å². The molecule has 0 saturated heterocycles. The Hall–Kier alpha value is -1.53. The van der Waals surface area contributed by atoms with Gasteiger partial charge in [0.05, 0.1) is 0 Å². The number of halogens is 2. The zero-order valence-electron chi connectivity index (χ0n) is 30.3. The average Bonchev–Trinajstić information content (AvgIpc) is 3.46. The van der Waals surface area contributed by atoms with E-state index in [0.29, 0.717) is 5.41 Å². The summed E-state index contributed by atoms with van der Waals surface area (Å²) in [4.78, 5) is 0. The van der Waals surface area contributed by atoms with E-state index in [1.807, 2.05) is 37.3 Å². The van der Waals surface area contributed by atoms with Crippen LogP contribution in [0.4, 0.5) is 0 Å². The smallest absolute Gasteiger partial charge is 0.344 e. The summed E-state index contributed by atoms with van der Waals surface area (Å²) in [6.45, 7) is 32.6. The van der Waals surface area contributed by atoms with Crippen LogP contribution in [0.5, 0.6) is 0 Å². The molecule has 0 aliphatic heterocycles. The number of rotatable bonds is 0. The van der Waals surface area contributed by atoms with Crippen LogP contribution in [0.2, 0.25) is 0 Å². The minimum atomic E-state index is 0. The average molecular weight is 725 g/mol. The fourth-order valence-electron chi connectivity index (χ4n) is 5.39. The van der Waals surface area contributed by atoms with Gasteiger partial charge in [0.15, 0.2) is 0 Å². The van der Waals surface area contributed by atoms with Crippen molar-refractivity contribution in [3.63, 3.8) is 0 Å². The molecule has 4 aromatic carbocycles. The molecule has 0 N–H and O–H groups in total. The van der Waals surface area contributed by atoms with Crippen LogP contribution in [0.1, 0.15) is 120 Å². The molecule has 0 fully saturated rings. The maximum Gasteiger partial charge on any atom is 4.00 e. The molecular weight excluding hydrogens is 667 g/mol. The number of fused-ring (bicyclic) bond motifs is 3. The van der Waals surface area contributed by atoms with Crippen LogP contribution in [-0.4, -0.2) is 0 Å². The molecule has 0 atom stereocenters. The Morgan fingerprint density at radius 3 is 1.60 bits per heavy atom. The number of aryl methyl sites for hydroxylation is 3. The fourth-order valence-corrected chi connectivity index (χ4v) is 5.39. The topological polar surface area (TPSA) is 0 Å². The summed E-state index contributed by atoms with van der Waals surface area (Å²) in [6.07, 6.45) is 2.03. The summed E-state index contributed by atoms with van der Waals surface area (Å²) in [6, 6.07) is 30.1. The number of hydrogen-bond acceptors (Lipinski definition) is 0. The standard InChI is InChI=1S/C23H29.C10H15.C6H5.C3H7.2ClH.Zr/c1-14-9-16-11-17-10-15(2)21(23(6,7)8)13-19(17)18(16)12-20(14)22(3,4)5;1-8-5-6-9(7-8)10(2,3)4;1-2-4-6-5-3-1;1-3-2;;;/h9,12-13H,11H2,1-8H3;5-7H,1-4H3;1-5H;1,3H2,2H3;2*1H;/q4*-1;;;+4. The van der Waals surface area contributed by atoms with Crippen molar-refractivity contribution in [1.82, 2.24) is 0 Å². The Morgan fingerprint density at radius 1 is 0.733 bits per heavy atom. The van der Waals surface area contributed by atoms with Crippen molar-refractivity contribution in [3.05, 3.63) is 130 Å². The van der Waals surface area contributed by atoms with E-state index in [9.17, 15) is 0 Å². The summed E-state index contributed by atoms with van der Waals surface area (Å²) in [7, 11) is 0. The number of benzene rings is 3. The molecule has 0 amide bonds. The van der Waals surface area contributed by atoms with Crippen LogP contribution in [0.15, 0.2) is 66.7 Å². The molecule has 0 heterocycles. The zero-order chi connectivity index (χ0) is 31.9. The molecule has 3 heteroatoms. The summed E-state index contributed by atoms with van der Waals surface area (Å²) in [5.74, 6) is 0. The van der Waals surface area contributed by atoms with Gasteiger partial charge in [0.25, 0.3) is 0 Å². The van der Waals surface area contributed by atoms with E-state index >= 15 is 0 Å². The van der Waals surface area contributed by atoms with Gasteiger partial charge < -0.3 is 6.92 Å². The van der Waals surface area contributed by atoms with Gasteiger partial charge in [0.1, 0.15) is 0 Å². The molecule has 0 spiro atoms. The third-order valence-electron chi connectivity index (χ3n) is 7.46. The second-order valence-electron chi connectivity index (χ2n) is 14.7. The molecule has 4 aromatic rings. The Kier molecular flexibility index (Phi) is 19.6. The molecule has 244 valence electrons. The van der Waals surface area contributed by atoms with Gasteiger partial charge in [0, 0.05) is 0 Å². The van der Waals surface area contributed by atoms with E-state index in [0.717, 1.165) is 12.8 Å². The summed E-state index contributed by atoms with van der Waals surface area (Å²) in [5, 5.41) is 0. The second kappa shape index (κ2) is 19.3. The van der Waals surface area contributed by atoms with Crippen LogP contribution in [-0.2, 0) is 48.9 Å². The first kappa shape index (κ1) is 45.6. The quantitative estimate of drug-likeness (QED) is 0.140. The van der Waals surface area contributed by atoms with Crippen LogP contribution >= 0.6 is 24.8 Å². The van der Waals surface area contributed by atoms with Gasteiger partial charge in [-0.25, -0.2) is 6.07 Å². The Balaban J connectivity index is 0. The van der Waals surface area contributed by atoms with Crippen molar-refractivity contribution in [2.24, 2.45) is 0 Å². The van der Waals surface area contributed by atoms with Crippen molar-refractivity contribution in [1.29, 1.82) is 0 Å². The van der Waals surface area contributed by atoms with Gasteiger partial charge in [-0.15, -0.1) is 41.5 Å². The monoisotopic (exact) mass is 722 g/mol. The third kappa shape index (κ3) is 13.6. The maximum absolute atomic E-state index is 3.69. The second-order valence-corrected chi connectivity index (χ2v) is 14.7. The molecule has 0 saturated carbocycles. The predicted molar refractivity (Wildman–Crippen MR) is 201 cm³/mol. The minimum Gasteiger partial charge on any atom is -0.344 e. The normalized spacial score (nSPS) is 11.2. The zero-order valence-corrected chi connectivity index (χ0v) is 34.4. The van der Waals surface area contributed by atoms with Crippen molar-refractivity contribution < 1.29 is 26.2 Å². The third-order valence-corrected chi connectivity index (χ3v) is 7.46. The maximum atomic E-state index is 3.69. The van der Waals surface area contributed by atoms with Crippen LogP contribution in [0, 0.1) is 39.8 Å². The molecular formula is C42H58Cl2Zr. The van der Waals surface area contributed by atoms with Gasteiger partial charge in [-0.2, -0.15) is 83.8 Å². The van der Waals surface area contributed by atoms with Crippen molar-refractivity contribution >= 4 is 24.8 Å². The van der Waals surface area contributed by atoms with E-state index in [1.165, 1.54) is 55.6 Å². The van der Waals surface area contributed by atoms with E-state index in [1.54, 1.807) is 0 Å². The molecule has 45 heavy (non-hydrogen) atoms. The fraction of sp³-hybridized carbons (Fsp3) is 0.429. The van der Waals surface area contributed by atoms with Crippen molar-refractivity contribution in [2.45, 2.75) is 119 Å². The van der Waals surface area contributed by atoms with Gasteiger partial charge in [-0.05, 0) is 35.4 Å². The first-order chi connectivity index (χ1) is 19.4. The Bertz CT molecular complexity index is 1310. The summed E-state index contributed by atoms with van der Waals surface area (Å²) in [5.41, 5.74) is 14.7. The molecule has 1 aliphatic rings. The molecule has 0 bridgehead atoms. The van der Waals surface area contributed by atoms with Crippen LogP contribution in [0.3, 0.4) is 0 Å². The minimum absolute atomic E-state index is 0. The molecule has 1 aliphatic carbocycles. The summed E-state index contributed by atoms with van der Waals surface area (Å²) < 4.78 is 0. The Morgan fingerprint density at radius 2 is 1.24 bits per heavy atom. The van der Waals surface area contributed by atoms with Gasteiger partial charge >= 0.3 is 26.2 Å². The van der Waals surface area contributed by atoms with Crippen molar-refractivity contribution in [2.75, 3.05) is 0 Å². The molecule has 0 aromatic heterocycles. The first-order valence-electron chi connectivity index (χ1n) is 15.5. The molecule has 5 rings (SSSR count). The van der Waals surface area contributed by atoms with E-state index < -0.39 is 0 Å². The largest absolute Gasteiger partial charge is 4.00 e. The van der Waals surface area contributed by atoms with E-state index in [4.69, 9.17) is 0 Å². The Labute approximate surface area is 309 Å². The molecule has 0 nitrogen and oxygen atoms in total. The first-order valence-corrected chi connectivity index (χ1v) is 15.5.